The Morgan fingerprint density at radius 1 is 1.58 bits per heavy atom. The molecule has 0 aromatic heterocycles. The molecule has 1 aliphatic rings. The van der Waals surface area contributed by atoms with Crippen molar-refractivity contribution in [3.8, 4) is 5.75 Å². The molecule has 1 N–H and O–H groups in total. The summed E-state index contributed by atoms with van der Waals surface area (Å²) in [7, 11) is 0. The Hall–Kier alpha value is -0.540. The average Bonchev–Trinajstić information content (AvgIpc) is 2.30. The lowest BCUT2D eigenvalue weighted by atomic mass is 9.99. The minimum Gasteiger partial charge on any atom is -0.489 e. The highest BCUT2D eigenvalue weighted by molar-refractivity contribution is 9.10. The van der Waals surface area contributed by atoms with Crippen LogP contribution in [0.25, 0.3) is 0 Å². The third kappa shape index (κ3) is 1.04. The first-order valence-corrected chi connectivity index (χ1v) is 4.55. The van der Waals surface area contributed by atoms with E-state index in [1.165, 1.54) is 0 Å². The van der Waals surface area contributed by atoms with E-state index in [0.29, 0.717) is 6.61 Å². The first-order valence-electron chi connectivity index (χ1n) is 3.75. The van der Waals surface area contributed by atoms with Gasteiger partial charge in [-0.05, 0) is 28.9 Å². The summed E-state index contributed by atoms with van der Waals surface area (Å²) < 4.78 is 6.25. The predicted molar refractivity (Wildman–Crippen MR) is 49.2 cm³/mol. The number of hydrogen-bond acceptors (Lipinski definition) is 2. The van der Waals surface area contributed by atoms with Crippen LogP contribution in [0.15, 0.2) is 22.7 Å². The number of aliphatic hydroxyl groups is 1. The fraction of sp³-hybridized carbons (Fsp3) is 0.333. The topological polar surface area (TPSA) is 29.5 Å². The normalized spacial score (nSPS) is 26.6. The Labute approximate surface area is 79.3 Å². The quantitative estimate of drug-likeness (QED) is 0.737. The first kappa shape index (κ1) is 8.08. The van der Waals surface area contributed by atoms with Gasteiger partial charge in [-0.15, -0.1) is 0 Å². The van der Waals surface area contributed by atoms with E-state index in [1.807, 2.05) is 18.2 Å². The zero-order chi connectivity index (χ0) is 8.77. The lowest BCUT2D eigenvalue weighted by Gasteiger charge is -2.13. The van der Waals surface area contributed by atoms with Crippen molar-refractivity contribution in [1.29, 1.82) is 0 Å². The summed E-state index contributed by atoms with van der Waals surface area (Å²) in [6.45, 7) is 2.09. The fourth-order valence-electron chi connectivity index (χ4n) is 1.37. The van der Waals surface area contributed by atoms with Gasteiger partial charge >= 0.3 is 0 Å². The van der Waals surface area contributed by atoms with Gasteiger partial charge in [-0.2, -0.15) is 0 Å². The molecule has 2 rings (SSSR count). The lowest BCUT2D eigenvalue weighted by Crippen LogP contribution is -2.22. The van der Waals surface area contributed by atoms with Crippen molar-refractivity contribution >= 4 is 15.9 Å². The summed E-state index contributed by atoms with van der Waals surface area (Å²) in [6.07, 6.45) is 0. The van der Waals surface area contributed by atoms with E-state index in [2.05, 4.69) is 15.9 Å². The van der Waals surface area contributed by atoms with E-state index in [0.717, 1.165) is 15.8 Å². The lowest BCUT2D eigenvalue weighted by molar-refractivity contribution is 0.0349. The number of ether oxygens (including phenoxy) is 1. The molecule has 12 heavy (non-hydrogen) atoms. The molecule has 1 heterocycles. The van der Waals surface area contributed by atoms with Crippen molar-refractivity contribution in [2.75, 3.05) is 6.61 Å². The van der Waals surface area contributed by atoms with Crippen LogP contribution in [0.1, 0.15) is 12.5 Å². The van der Waals surface area contributed by atoms with E-state index < -0.39 is 5.60 Å². The molecular formula is C9H9BrO2. The van der Waals surface area contributed by atoms with Crippen LogP contribution in [0.4, 0.5) is 0 Å². The predicted octanol–water partition coefficient (Wildman–Crippen LogP) is 2.05. The maximum Gasteiger partial charge on any atom is 0.139 e. The molecule has 0 saturated heterocycles. The van der Waals surface area contributed by atoms with Crippen LogP contribution in [-0.2, 0) is 5.60 Å². The van der Waals surface area contributed by atoms with Crippen molar-refractivity contribution in [1.82, 2.24) is 0 Å². The molecule has 0 radical (unpaired) electrons. The molecule has 1 atom stereocenters. The third-order valence-electron chi connectivity index (χ3n) is 2.04. The van der Waals surface area contributed by atoms with Gasteiger partial charge in [0.1, 0.15) is 18.0 Å². The molecule has 1 aromatic rings. The smallest absolute Gasteiger partial charge is 0.139 e. The van der Waals surface area contributed by atoms with Gasteiger partial charge < -0.3 is 9.84 Å². The van der Waals surface area contributed by atoms with Crippen molar-refractivity contribution in [2.45, 2.75) is 12.5 Å². The molecule has 0 saturated carbocycles. The van der Waals surface area contributed by atoms with Gasteiger partial charge in [-0.3, -0.25) is 0 Å². The van der Waals surface area contributed by atoms with Gasteiger partial charge in [0.15, 0.2) is 0 Å². The van der Waals surface area contributed by atoms with Crippen molar-refractivity contribution in [3.63, 3.8) is 0 Å². The van der Waals surface area contributed by atoms with E-state index in [1.54, 1.807) is 6.92 Å². The van der Waals surface area contributed by atoms with Gasteiger partial charge in [-0.1, -0.05) is 12.1 Å². The molecule has 64 valence electrons. The molecule has 0 bridgehead atoms. The Kier molecular flexibility index (Phi) is 1.66. The van der Waals surface area contributed by atoms with Gasteiger partial charge in [0.2, 0.25) is 0 Å². The zero-order valence-electron chi connectivity index (χ0n) is 6.67. The number of rotatable bonds is 0. The number of halogens is 1. The number of benzene rings is 1. The van der Waals surface area contributed by atoms with Crippen molar-refractivity contribution in [2.24, 2.45) is 0 Å². The van der Waals surface area contributed by atoms with Gasteiger partial charge in [0.25, 0.3) is 0 Å². The summed E-state index contributed by atoms with van der Waals surface area (Å²) in [5.74, 6) is 0.766. The third-order valence-corrected chi connectivity index (χ3v) is 2.67. The molecule has 2 nitrogen and oxygen atoms in total. The summed E-state index contributed by atoms with van der Waals surface area (Å²) >= 11 is 3.36. The molecule has 0 spiro atoms. The zero-order valence-corrected chi connectivity index (χ0v) is 8.26. The minimum atomic E-state index is -0.834. The van der Waals surface area contributed by atoms with E-state index in [9.17, 15) is 5.11 Å². The van der Waals surface area contributed by atoms with Gasteiger partial charge in [-0.25, -0.2) is 0 Å². The maximum absolute atomic E-state index is 9.83. The molecule has 1 unspecified atom stereocenters. The van der Waals surface area contributed by atoms with Crippen LogP contribution in [0, 0.1) is 0 Å². The average molecular weight is 229 g/mol. The van der Waals surface area contributed by atoms with E-state index in [-0.39, 0.29) is 0 Å². The molecule has 0 amide bonds. The number of hydrogen-bond donors (Lipinski definition) is 1. The summed E-state index contributed by atoms with van der Waals surface area (Å²) in [6, 6.07) is 5.68. The Morgan fingerprint density at radius 3 is 3.00 bits per heavy atom. The fourth-order valence-corrected chi connectivity index (χ4v) is 1.85. The molecule has 1 aromatic carbocycles. The number of fused-ring (bicyclic) bond motifs is 1. The summed E-state index contributed by atoms with van der Waals surface area (Å²) in [5.41, 5.74) is 0.0240. The second kappa shape index (κ2) is 2.47. The summed E-state index contributed by atoms with van der Waals surface area (Å²) in [5, 5.41) is 9.83. The van der Waals surface area contributed by atoms with Gasteiger partial charge in [0.05, 0.1) is 4.47 Å². The molecule has 0 fully saturated rings. The molecule has 3 heteroatoms. The molecule has 1 aliphatic heterocycles. The SMILES string of the molecule is CC1(O)COc2c(Br)cccc21. The van der Waals surface area contributed by atoms with E-state index >= 15 is 0 Å². The first-order chi connectivity index (χ1) is 5.61. The van der Waals surface area contributed by atoms with Crippen molar-refractivity contribution in [3.05, 3.63) is 28.2 Å². The summed E-state index contributed by atoms with van der Waals surface area (Å²) in [4.78, 5) is 0. The Morgan fingerprint density at radius 2 is 2.33 bits per heavy atom. The van der Waals surface area contributed by atoms with Crippen LogP contribution >= 0.6 is 15.9 Å². The van der Waals surface area contributed by atoms with Crippen LogP contribution in [-0.4, -0.2) is 11.7 Å². The second-order valence-electron chi connectivity index (χ2n) is 3.18. The molecular weight excluding hydrogens is 220 g/mol. The van der Waals surface area contributed by atoms with Crippen LogP contribution in [0.3, 0.4) is 0 Å². The highest BCUT2D eigenvalue weighted by Crippen LogP contribution is 2.41. The van der Waals surface area contributed by atoms with Gasteiger partial charge in [0, 0.05) is 5.56 Å². The Bertz CT molecular complexity index is 320. The van der Waals surface area contributed by atoms with Crippen LogP contribution in [0.2, 0.25) is 0 Å². The maximum atomic E-state index is 9.83. The second-order valence-corrected chi connectivity index (χ2v) is 4.03. The van der Waals surface area contributed by atoms with Crippen molar-refractivity contribution < 1.29 is 9.84 Å². The Balaban J connectivity index is 2.61. The van der Waals surface area contributed by atoms with Crippen LogP contribution in [0.5, 0.6) is 5.75 Å². The highest BCUT2D eigenvalue weighted by atomic mass is 79.9. The minimum absolute atomic E-state index is 0.338. The highest BCUT2D eigenvalue weighted by Gasteiger charge is 2.34. The molecule has 0 aliphatic carbocycles. The van der Waals surface area contributed by atoms with Crippen LogP contribution < -0.4 is 4.74 Å². The monoisotopic (exact) mass is 228 g/mol. The van der Waals surface area contributed by atoms with E-state index in [4.69, 9.17) is 4.74 Å². The largest absolute Gasteiger partial charge is 0.489 e. The standard InChI is InChI=1S/C9H9BrO2/c1-9(11)5-12-8-6(9)3-2-4-7(8)10/h2-4,11H,5H2,1H3. The number of para-hydroxylation sites is 1.